The second kappa shape index (κ2) is 7.14. The molecule has 2 aromatic rings. The molecule has 5 heteroatoms. The normalized spacial score (nSPS) is 17.2. The van der Waals surface area contributed by atoms with E-state index >= 15 is 0 Å². The van der Waals surface area contributed by atoms with Crippen LogP contribution < -0.4 is 5.32 Å². The van der Waals surface area contributed by atoms with Crippen LogP contribution in [0.15, 0.2) is 53.7 Å². The Hall–Kier alpha value is -1.55. The fraction of sp³-hybridized carbons (Fsp3) is 0.235. The molecule has 1 aliphatic heterocycles. The number of nitrogens with one attached hydrogen (secondary N) is 1. The number of halogens is 2. The summed E-state index contributed by atoms with van der Waals surface area (Å²) in [7, 11) is 0. The van der Waals surface area contributed by atoms with Gasteiger partial charge in [0.2, 0.25) is 0 Å². The molecule has 3 rings (SSSR count). The Morgan fingerprint density at radius 2 is 1.86 bits per heavy atom. The number of hydrogen-bond acceptors (Lipinski definition) is 3. The number of hydrogen-bond donors (Lipinski definition) is 1. The van der Waals surface area contributed by atoms with E-state index in [1.54, 1.807) is 0 Å². The Morgan fingerprint density at radius 1 is 1.09 bits per heavy atom. The molecule has 1 atom stereocenters. The molecule has 0 amide bonds. The van der Waals surface area contributed by atoms with Crippen LogP contribution in [0.1, 0.15) is 17.5 Å². The van der Waals surface area contributed by atoms with Gasteiger partial charge >= 0.3 is 0 Å². The van der Waals surface area contributed by atoms with Crippen molar-refractivity contribution in [1.29, 1.82) is 0 Å². The van der Waals surface area contributed by atoms with Gasteiger partial charge in [-0.25, -0.2) is 0 Å². The van der Waals surface area contributed by atoms with Gasteiger partial charge in [-0.1, -0.05) is 58.7 Å². The summed E-state index contributed by atoms with van der Waals surface area (Å²) in [5, 5.41) is 9.03. The molecule has 1 N–H and O–H groups in total. The van der Waals surface area contributed by atoms with E-state index < -0.39 is 0 Å². The Morgan fingerprint density at radius 3 is 2.64 bits per heavy atom. The molecule has 0 unspecified atom stereocenters. The van der Waals surface area contributed by atoms with Gasteiger partial charge in [0.15, 0.2) is 0 Å². The van der Waals surface area contributed by atoms with Crippen molar-refractivity contribution in [2.45, 2.75) is 19.1 Å². The first-order valence-corrected chi connectivity index (χ1v) is 7.91. The molecule has 114 valence electrons. The monoisotopic (exact) mass is 334 g/mol. The molecule has 1 heterocycles. The van der Waals surface area contributed by atoms with Crippen LogP contribution in [0, 0.1) is 0 Å². The molecule has 0 radical (unpaired) electrons. The van der Waals surface area contributed by atoms with Crippen molar-refractivity contribution in [2.75, 3.05) is 6.54 Å². The van der Waals surface area contributed by atoms with E-state index in [9.17, 15) is 0 Å². The van der Waals surface area contributed by atoms with E-state index in [-0.39, 0.29) is 6.10 Å². The van der Waals surface area contributed by atoms with Gasteiger partial charge in [0.05, 0.1) is 5.71 Å². The summed E-state index contributed by atoms with van der Waals surface area (Å²) in [4.78, 5) is 5.48. The highest BCUT2D eigenvalue weighted by Crippen LogP contribution is 2.19. The van der Waals surface area contributed by atoms with Crippen molar-refractivity contribution in [3.63, 3.8) is 0 Å². The molecule has 2 aromatic carbocycles. The van der Waals surface area contributed by atoms with Crippen LogP contribution in [0.3, 0.4) is 0 Å². The van der Waals surface area contributed by atoms with Gasteiger partial charge in [-0.2, -0.15) is 0 Å². The highest BCUT2D eigenvalue weighted by molar-refractivity contribution is 6.31. The maximum Gasteiger partial charge on any atom is 0.145 e. The minimum absolute atomic E-state index is 0.0492. The van der Waals surface area contributed by atoms with Crippen molar-refractivity contribution in [3.8, 4) is 0 Å². The minimum atomic E-state index is 0.0492. The Labute approximate surface area is 139 Å². The third kappa shape index (κ3) is 3.80. The fourth-order valence-corrected chi connectivity index (χ4v) is 2.69. The third-order valence-electron chi connectivity index (χ3n) is 3.56. The van der Waals surface area contributed by atoms with Crippen LogP contribution in [0.4, 0.5) is 0 Å². The molecule has 0 fully saturated rings. The molecular weight excluding hydrogens is 319 g/mol. The molecule has 0 saturated heterocycles. The lowest BCUT2D eigenvalue weighted by atomic mass is 10.1. The Kier molecular flexibility index (Phi) is 4.98. The van der Waals surface area contributed by atoms with Crippen LogP contribution in [-0.4, -0.2) is 18.4 Å². The summed E-state index contributed by atoms with van der Waals surface area (Å²) < 4.78 is 0. The van der Waals surface area contributed by atoms with Crippen LogP contribution in [0.5, 0.6) is 0 Å². The fourth-order valence-electron chi connectivity index (χ4n) is 2.36. The van der Waals surface area contributed by atoms with Crippen molar-refractivity contribution in [2.24, 2.45) is 5.16 Å². The lowest BCUT2D eigenvalue weighted by Gasteiger charge is -2.10. The molecule has 0 bridgehead atoms. The average molecular weight is 335 g/mol. The average Bonchev–Trinajstić information content (AvgIpc) is 2.99. The molecule has 0 aliphatic carbocycles. The zero-order valence-electron chi connectivity index (χ0n) is 11.9. The molecule has 3 nitrogen and oxygen atoms in total. The summed E-state index contributed by atoms with van der Waals surface area (Å²) in [5.74, 6) is 0. The van der Waals surface area contributed by atoms with Gasteiger partial charge in [0.25, 0.3) is 0 Å². The van der Waals surface area contributed by atoms with Gasteiger partial charge in [-0.3, -0.25) is 0 Å². The van der Waals surface area contributed by atoms with E-state index in [1.807, 2.05) is 48.5 Å². The Bertz CT molecular complexity index is 671. The first kappa shape index (κ1) is 15.3. The number of oxime groups is 1. The molecule has 0 spiro atoms. The quantitative estimate of drug-likeness (QED) is 0.885. The van der Waals surface area contributed by atoms with Gasteiger partial charge in [0.1, 0.15) is 6.10 Å². The smallest absolute Gasteiger partial charge is 0.145 e. The predicted octanol–water partition coefficient (Wildman–Crippen LogP) is 4.28. The van der Waals surface area contributed by atoms with E-state index in [0.29, 0.717) is 0 Å². The summed E-state index contributed by atoms with van der Waals surface area (Å²) in [6.07, 6.45) is 0.838. The van der Waals surface area contributed by atoms with Crippen molar-refractivity contribution < 1.29 is 4.84 Å². The maximum atomic E-state index is 6.13. The van der Waals surface area contributed by atoms with E-state index in [2.05, 4.69) is 10.5 Å². The summed E-state index contributed by atoms with van der Waals surface area (Å²) in [6.45, 7) is 1.45. The highest BCUT2D eigenvalue weighted by atomic mass is 35.5. The number of rotatable bonds is 5. The van der Waals surface area contributed by atoms with Gasteiger partial charge in [-0.15, -0.1) is 0 Å². The minimum Gasteiger partial charge on any atom is -0.390 e. The second-order valence-corrected chi connectivity index (χ2v) is 6.04. The van der Waals surface area contributed by atoms with Gasteiger partial charge in [-0.05, 0) is 29.3 Å². The summed E-state index contributed by atoms with van der Waals surface area (Å²) in [5.41, 5.74) is 3.10. The summed E-state index contributed by atoms with van der Waals surface area (Å²) in [6, 6.07) is 15.5. The first-order chi connectivity index (χ1) is 10.7. The summed E-state index contributed by atoms with van der Waals surface area (Å²) >= 11 is 12.0. The molecule has 0 aromatic heterocycles. The molecule has 1 aliphatic rings. The maximum absolute atomic E-state index is 6.13. The highest BCUT2D eigenvalue weighted by Gasteiger charge is 2.21. The van der Waals surface area contributed by atoms with E-state index in [1.165, 1.54) is 0 Å². The third-order valence-corrected chi connectivity index (χ3v) is 4.18. The van der Waals surface area contributed by atoms with Crippen LogP contribution in [0.25, 0.3) is 0 Å². The zero-order chi connectivity index (χ0) is 15.4. The topological polar surface area (TPSA) is 33.6 Å². The second-order valence-electron chi connectivity index (χ2n) is 5.20. The largest absolute Gasteiger partial charge is 0.390 e. The molecular formula is C17H16Cl2N2O. The predicted molar refractivity (Wildman–Crippen MR) is 90.6 cm³/mol. The molecule has 22 heavy (non-hydrogen) atoms. The van der Waals surface area contributed by atoms with Crippen molar-refractivity contribution in [3.05, 3.63) is 69.7 Å². The molecule has 0 saturated carbocycles. The zero-order valence-corrected chi connectivity index (χ0v) is 13.4. The van der Waals surface area contributed by atoms with Crippen LogP contribution >= 0.6 is 23.2 Å². The Balaban J connectivity index is 1.48. The van der Waals surface area contributed by atoms with Crippen molar-refractivity contribution in [1.82, 2.24) is 5.32 Å². The first-order valence-electron chi connectivity index (χ1n) is 7.15. The SMILES string of the molecule is Clc1ccc(C2=NO[C@H](CNCc3ccccc3Cl)C2)cc1. The van der Waals surface area contributed by atoms with Crippen LogP contribution in [0.2, 0.25) is 10.0 Å². The standard InChI is InChI=1S/C17H16Cl2N2O/c18-14-7-5-12(6-8-14)17-9-15(22-21-17)11-20-10-13-3-1-2-4-16(13)19/h1-8,15,20H,9-11H2/t15-/m0/s1. The lowest BCUT2D eigenvalue weighted by molar-refractivity contribution is 0.0848. The lowest BCUT2D eigenvalue weighted by Crippen LogP contribution is -2.26. The van der Waals surface area contributed by atoms with Crippen molar-refractivity contribution >= 4 is 28.9 Å². The number of benzene rings is 2. The number of nitrogens with zero attached hydrogens (tertiary/aromatic N) is 1. The van der Waals surface area contributed by atoms with E-state index in [0.717, 1.165) is 46.4 Å². The van der Waals surface area contributed by atoms with E-state index in [4.69, 9.17) is 28.0 Å². The van der Waals surface area contributed by atoms with Gasteiger partial charge < -0.3 is 10.2 Å². The van der Waals surface area contributed by atoms with Gasteiger partial charge in [0, 0.05) is 29.6 Å². The van der Waals surface area contributed by atoms with Crippen LogP contribution in [-0.2, 0) is 11.4 Å².